The van der Waals surface area contributed by atoms with Crippen molar-refractivity contribution in [2.45, 2.75) is 30.2 Å². The summed E-state index contributed by atoms with van der Waals surface area (Å²) in [7, 11) is -3.77. The zero-order valence-electron chi connectivity index (χ0n) is 16.1. The normalized spacial score (nSPS) is 20.2. The highest BCUT2D eigenvalue weighted by atomic mass is 79.9. The largest absolute Gasteiger partial charge is 0.337 e. The van der Waals surface area contributed by atoms with Crippen molar-refractivity contribution < 1.29 is 13.2 Å². The Morgan fingerprint density at radius 1 is 1.03 bits per heavy atom. The predicted molar refractivity (Wildman–Crippen MR) is 117 cm³/mol. The first-order valence-electron chi connectivity index (χ1n) is 9.84. The molecule has 0 bridgehead atoms. The molecule has 2 aliphatic heterocycles. The van der Waals surface area contributed by atoms with E-state index in [0.717, 1.165) is 24.0 Å². The Kier molecular flexibility index (Phi) is 5.94. The fraction of sp³-hybridized carbons (Fsp3) is 0.381. The number of halogens is 1. The Hall–Kier alpha value is -1.90. The highest BCUT2D eigenvalue weighted by Gasteiger charge is 2.32. The van der Waals surface area contributed by atoms with Crippen LogP contribution in [-0.2, 0) is 10.0 Å². The zero-order valence-corrected chi connectivity index (χ0v) is 18.5. The lowest BCUT2D eigenvalue weighted by atomic mass is 10.2. The Morgan fingerprint density at radius 2 is 1.76 bits per heavy atom. The minimum Gasteiger partial charge on any atom is -0.337 e. The maximum atomic E-state index is 13.0. The van der Waals surface area contributed by atoms with Crippen LogP contribution in [0.2, 0.25) is 0 Å². The molecule has 8 heteroatoms. The SMILES string of the molecule is O=C(c1cccc(S(=O)(=O)Nc2ccc(Br)cc2)c1)N1CCC(N2CCCC2)C1. The summed E-state index contributed by atoms with van der Waals surface area (Å²) in [6.07, 6.45) is 3.44. The molecule has 1 unspecified atom stereocenters. The number of carbonyl (C=O) groups is 1. The lowest BCUT2D eigenvalue weighted by molar-refractivity contribution is 0.0780. The first-order chi connectivity index (χ1) is 13.9. The third-order valence-corrected chi connectivity index (χ3v) is 7.50. The van der Waals surface area contributed by atoms with E-state index in [0.29, 0.717) is 30.4 Å². The molecule has 0 radical (unpaired) electrons. The highest BCUT2D eigenvalue weighted by molar-refractivity contribution is 9.10. The minimum absolute atomic E-state index is 0.0848. The topological polar surface area (TPSA) is 69.7 Å². The van der Waals surface area contributed by atoms with E-state index in [1.54, 1.807) is 36.4 Å². The number of amides is 1. The third kappa shape index (κ3) is 4.65. The monoisotopic (exact) mass is 477 g/mol. The summed E-state index contributed by atoms with van der Waals surface area (Å²) in [4.78, 5) is 17.4. The van der Waals surface area contributed by atoms with Gasteiger partial charge in [-0.15, -0.1) is 0 Å². The Morgan fingerprint density at radius 3 is 2.48 bits per heavy atom. The second kappa shape index (κ2) is 8.45. The molecular weight excluding hydrogens is 454 g/mol. The molecule has 0 aliphatic carbocycles. The van der Waals surface area contributed by atoms with Crippen molar-refractivity contribution in [3.8, 4) is 0 Å². The number of benzene rings is 2. The molecule has 0 saturated carbocycles. The molecule has 1 N–H and O–H groups in total. The molecule has 2 aliphatic rings. The Labute approximate surface area is 180 Å². The van der Waals surface area contributed by atoms with E-state index in [2.05, 4.69) is 25.6 Å². The van der Waals surface area contributed by atoms with Gasteiger partial charge in [0.2, 0.25) is 0 Å². The van der Waals surface area contributed by atoms with Gasteiger partial charge in [-0.3, -0.25) is 14.4 Å². The first kappa shape index (κ1) is 20.4. The highest BCUT2D eigenvalue weighted by Crippen LogP contribution is 2.23. The van der Waals surface area contributed by atoms with Gasteiger partial charge in [-0.25, -0.2) is 8.42 Å². The van der Waals surface area contributed by atoms with E-state index in [9.17, 15) is 13.2 Å². The van der Waals surface area contributed by atoms with Crippen molar-refractivity contribution in [3.05, 3.63) is 58.6 Å². The van der Waals surface area contributed by atoms with Crippen molar-refractivity contribution in [1.82, 2.24) is 9.80 Å². The lowest BCUT2D eigenvalue weighted by Crippen LogP contribution is -2.37. The summed E-state index contributed by atoms with van der Waals surface area (Å²) in [6, 6.07) is 13.6. The van der Waals surface area contributed by atoms with Gasteiger partial charge >= 0.3 is 0 Å². The number of hydrogen-bond donors (Lipinski definition) is 1. The molecule has 154 valence electrons. The van der Waals surface area contributed by atoms with Crippen LogP contribution in [0.4, 0.5) is 5.69 Å². The molecule has 1 amide bonds. The summed E-state index contributed by atoms with van der Waals surface area (Å²) in [5, 5.41) is 0. The van der Waals surface area contributed by atoms with Crippen LogP contribution in [-0.4, -0.2) is 56.3 Å². The minimum atomic E-state index is -3.77. The van der Waals surface area contributed by atoms with Crippen molar-refractivity contribution in [1.29, 1.82) is 0 Å². The van der Waals surface area contributed by atoms with E-state index < -0.39 is 10.0 Å². The van der Waals surface area contributed by atoms with Gasteiger partial charge in [-0.2, -0.15) is 0 Å². The van der Waals surface area contributed by atoms with Gasteiger partial charge in [0.25, 0.3) is 15.9 Å². The van der Waals surface area contributed by atoms with Gasteiger partial charge in [0.15, 0.2) is 0 Å². The molecule has 2 fully saturated rings. The van der Waals surface area contributed by atoms with Crippen LogP contribution in [0.25, 0.3) is 0 Å². The molecule has 29 heavy (non-hydrogen) atoms. The maximum Gasteiger partial charge on any atom is 0.261 e. The lowest BCUT2D eigenvalue weighted by Gasteiger charge is -2.23. The number of anilines is 1. The molecule has 2 aromatic rings. The van der Waals surface area contributed by atoms with Gasteiger partial charge in [0.1, 0.15) is 0 Å². The van der Waals surface area contributed by atoms with E-state index in [4.69, 9.17) is 0 Å². The van der Waals surface area contributed by atoms with E-state index in [-0.39, 0.29) is 10.8 Å². The van der Waals surface area contributed by atoms with Gasteiger partial charge in [0, 0.05) is 34.9 Å². The number of nitrogens with zero attached hydrogens (tertiary/aromatic N) is 2. The summed E-state index contributed by atoms with van der Waals surface area (Å²) in [5.41, 5.74) is 0.878. The quantitative estimate of drug-likeness (QED) is 0.714. The van der Waals surface area contributed by atoms with Gasteiger partial charge in [-0.1, -0.05) is 22.0 Å². The molecule has 2 saturated heterocycles. The fourth-order valence-corrected chi connectivity index (χ4v) is 5.41. The second-order valence-electron chi connectivity index (χ2n) is 7.58. The molecular formula is C21H24BrN3O3S. The number of nitrogens with one attached hydrogen (secondary N) is 1. The van der Waals surface area contributed by atoms with Crippen LogP contribution < -0.4 is 4.72 Å². The van der Waals surface area contributed by atoms with Gasteiger partial charge in [-0.05, 0) is 74.8 Å². The third-order valence-electron chi connectivity index (χ3n) is 5.60. The molecule has 0 aromatic heterocycles. The average Bonchev–Trinajstić information content (AvgIpc) is 3.41. The Bertz CT molecular complexity index is 988. The molecule has 2 aromatic carbocycles. The van der Waals surface area contributed by atoms with Gasteiger partial charge < -0.3 is 4.90 Å². The van der Waals surface area contributed by atoms with Crippen LogP contribution in [0.3, 0.4) is 0 Å². The molecule has 1 atom stereocenters. The van der Waals surface area contributed by atoms with Gasteiger partial charge in [0.05, 0.1) is 4.90 Å². The molecule has 4 rings (SSSR count). The number of sulfonamides is 1. The Balaban J connectivity index is 1.47. The summed E-state index contributed by atoms with van der Waals surface area (Å²) in [5.74, 6) is -0.104. The van der Waals surface area contributed by atoms with Crippen LogP contribution in [0.1, 0.15) is 29.6 Å². The smallest absolute Gasteiger partial charge is 0.261 e. The standard InChI is InChI=1S/C21H24BrN3O3S/c22-17-6-8-18(9-7-17)23-29(27,28)20-5-3-4-16(14-20)21(26)25-13-10-19(15-25)24-11-1-2-12-24/h3-9,14,19,23H,1-2,10-13,15H2. The fourth-order valence-electron chi connectivity index (χ4n) is 4.04. The van der Waals surface area contributed by atoms with Crippen LogP contribution >= 0.6 is 15.9 Å². The average molecular weight is 478 g/mol. The van der Waals surface area contributed by atoms with E-state index in [1.165, 1.54) is 25.0 Å². The second-order valence-corrected chi connectivity index (χ2v) is 10.2. The molecule has 2 heterocycles. The van der Waals surface area contributed by atoms with Crippen molar-refractivity contribution >= 4 is 37.5 Å². The zero-order chi connectivity index (χ0) is 20.4. The number of rotatable bonds is 5. The van der Waals surface area contributed by atoms with Crippen molar-refractivity contribution in [3.63, 3.8) is 0 Å². The molecule has 0 spiro atoms. The van der Waals surface area contributed by atoms with E-state index in [1.807, 2.05) is 4.90 Å². The summed E-state index contributed by atoms with van der Waals surface area (Å²) >= 11 is 3.33. The number of likely N-dealkylation sites (tertiary alicyclic amines) is 2. The van der Waals surface area contributed by atoms with Crippen LogP contribution in [0.15, 0.2) is 57.9 Å². The van der Waals surface area contributed by atoms with Crippen molar-refractivity contribution in [2.24, 2.45) is 0 Å². The van der Waals surface area contributed by atoms with Crippen LogP contribution in [0, 0.1) is 0 Å². The van der Waals surface area contributed by atoms with E-state index >= 15 is 0 Å². The number of carbonyl (C=O) groups excluding carboxylic acids is 1. The summed E-state index contributed by atoms with van der Waals surface area (Å²) < 4.78 is 28.9. The van der Waals surface area contributed by atoms with Crippen LogP contribution in [0.5, 0.6) is 0 Å². The maximum absolute atomic E-state index is 13.0. The predicted octanol–water partition coefficient (Wildman–Crippen LogP) is 3.56. The molecule has 6 nitrogen and oxygen atoms in total. The van der Waals surface area contributed by atoms with Crippen molar-refractivity contribution in [2.75, 3.05) is 30.9 Å². The first-order valence-corrected chi connectivity index (χ1v) is 12.1. The summed E-state index contributed by atoms with van der Waals surface area (Å²) in [6.45, 7) is 3.66. The number of hydrogen-bond acceptors (Lipinski definition) is 4.